The van der Waals surface area contributed by atoms with E-state index in [0.717, 1.165) is 11.1 Å². The van der Waals surface area contributed by atoms with Crippen LogP contribution in [0.1, 0.15) is 11.1 Å². The number of amides is 1. The van der Waals surface area contributed by atoms with Crippen LogP contribution in [0.5, 0.6) is 11.5 Å². The lowest BCUT2D eigenvalue weighted by molar-refractivity contribution is -0.113. The molecule has 0 saturated carbocycles. The Balaban J connectivity index is 1.59. The number of carbonyl (C=O) groups excluding carboxylic acids is 1. The topological polar surface area (TPSA) is 64.6 Å². The van der Waals surface area contributed by atoms with Crippen LogP contribution in [0.15, 0.2) is 36.4 Å². The predicted molar refractivity (Wildman–Crippen MR) is 99.0 cm³/mol. The molecule has 1 heterocycles. The Bertz CT molecular complexity index is 807. The number of benzene rings is 2. The van der Waals surface area contributed by atoms with Crippen molar-refractivity contribution in [1.29, 1.82) is 0 Å². The predicted octanol–water partition coefficient (Wildman–Crippen LogP) is 3.31. The summed E-state index contributed by atoms with van der Waals surface area (Å²) in [5, 5.41) is 3.17. The molecule has 1 unspecified atom stereocenters. The summed E-state index contributed by atoms with van der Waals surface area (Å²) in [6.07, 6.45) is 0. The number of fused-ring (bicyclic) bond motifs is 1. The van der Waals surface area contributed by atoms with E-state index in [1.54, 1.807) is 12.1 Å². The molecule has 132 valence electrons. The van der Waals surface area contributed by atoms with E-state index >= 15 is 0 Å². The average molecular weight is 380 g/mol. The van der Waals surface area contributed by atoms with Crippen LogP contribution < -0.4 is 14.8 Å². The highest BCUT2D eigenvalue weighted by Crippen LogP contribution is 2.38. The second-order valence-corrected chi connectivity index (χ2v) is 7.61. The lowest BCUT2D eigenvalue weighted by atomic mass is 10.2. The fourth-order valence-corrected chi connectivity index (χ4v) is 3.76. The van der Waals surface area contributed by atoms with Crippen molar-refractivity contribution < 1.29 is 18.5 Å². The molecular formula is C18H18ClNO4S. The van der Waals surface area contributed by atoms with Gasteiger partial charge >= 0.3 is 0 Å². The number of hydrogen-bond acceptors (Lipinski definition) is 4. The minimum absolute atomic E-state index is 0.0834. The highest BCUT2D eigenvalue weighted by atomic mass is 35.5. The van der Waals surface area contributed by atoms with Gasteiger partial charge in [-0.2, -0.15) is 0 Å². The number of carbonyl (C=O) groups is 1. The molecule has 3 rings (SSSR count). The number of anilines is 1. The fraction of sp³-hybridized carbons (Fsp3) is 0.278. The van der Waals surface area contributed by atoms with Crippen LogP contribution in [0, 0.1) is 6.92 Å². The van der Waals surface area contributed by atoms with E-state index in [9.17, 15) is 9.00 Å². The third kappa shape index (κ3) is 4.74. The van der Waals surface area contributed by atoms with Gasteiger partial charge in [0.1, 0.15) is 19.0 Å². The molecule has 0 radical (unpaired) electrons. The molecule has 2 aromatic rings. The van der Waals surface area contributed by atoms with Crippen LogP contribution in [-0.4, -0.2) is 29.1 Å². The van der Waals surface area contributed by atoms with Gasteiger partial charge in [-0.05, 0) is 36.8 Å². The monoisotopic (exact) mass is 379 g/mol. The first-order chi connectivity index (χ1) is 12.0. The van der Waals surface area contributed by atoms with Gasteiger partial charge in [-0.15, -0.1) is 0 Å². The second kappa shape index (κ2) is 7.89. The number of ether oxygens (including phenoxy) is 2. The van der Waals surface area contributed by atoms with Crippen LogP contribution in [0.3, 0.4) is 0 Å². The molecule has 1 aliphatic rings. The lowest BCUT2D eigenvalue weighted by Gasteiger charge is -2.20. The first kappa shape index (κ1) is 17.8. The van der Waals surface area contributed by atoms with Crippen molar-refractivity contribution in [2.75, 3.05) is 24.3 Å². The van der Waals surface area contributed by atoms with E-state index in [1.165, 1.54) is 0 Å². The molecule has 7 heteroatoms. The summed E-state index contributed by atoms with van der Waals surface area (Å²) in [4.78, 5) is 12.0. The van der Waals surface area contributed by atoms with E-state index in [0.29, 0.717) is 35.4 Å². The Labute approximate surface area is 153 Å². The molecule has 0 spiro atoms. The van der Waals surface area contributed by atoms with E-state index in [4.69, 9.17) is 21.1 Å². The van der Waals surface area contributed by atoms with Crippen molar-refractivity contribution >= 4 is 34.0 Å². The van der Waals surface area contributed by atoms with E-state index in [1.807, 2.05) is 31.2 Å². The van der Waals surface area contributed by atoms with Crippen LogP contribution >= 0.6 is 11.6 Å². The number of hydrogen-bond donors (Lipinski definition) is 1. The molecule has 5 nitrogen and oxygen atoms in total. The second-order valence-electron chi connectivity index (χ2n) is 5.74. The number of aryl methyl sites for hydroxylation is 1. The minimum Gasteiger partial charge on any atom is -0.486 e. The van der Waals surface area contributed by atoms with Crippen molar-refractivity contribution in [3.63, 3.8) is 0 Å². The first-order valence-corrected chi connectivity index (χ1v) is 9.67. The van der Waals surface area contributed by atoms with E-state index < -0.39 is 10.8 Å². The Morgan fingerprint density at radius 3 is 2.68 bits per heavy atom. The molecule has 0 aromatic heterocycles. The maximum atomic E-state index is 12.3. The summed E-state index contributed by atoms with van der Waals surface area (Å²) in [6, 6.07) is 10.9. The van der Waals surface area contributed by atoms with Gasteiger partial charge < -0.3 is 14.8 Å². The molecule has 2 aromatic carbocycles. The summed E-state index contributed by atoms with van der Waals surface area (Å²) in [5.41, 5.74) is 2.54. The SMILES string of the molecule is Cc1ccc(NC(=O)CS(=O)Cc2cc(Cl)c3c(c2)OCCO3)cc1. The molecule has 0 fully saturated rings. The zero-order valence-electron chi connectivity index (χ0n) is 13.7. The third-order valence-corrected chi connectivity index (χ3v) is 5.13. The Hall–Kier alpha value is -2.05. The third-order valence-electron chi connectivity index (χ3n) is 3.61. The maximum Gasteiger partial charge on any atom is 0.237 e. The highest BCUT2D eigenvalue weighted by molar-refractivity contribution is 7.84. The molecule has 1 amide bonds. The van der Waals surface area contributed by atoms with E-state index in [-0.39, 0.29) is 17.4 Å². The highest BCUT2D eigenvalue weighted by Gasteiger charge is 2.18. The van der Waals surface area contributed by atoms with Gasteiger partial charge in [-0.3, -0.25) is 9.00 Å². The molecule has 1 atom stereocenters. The molecule has 0 aliphatic carbocycles. The normalized spacial score (nSPS) is 14.0. The summed E-state index contributed by atoms with van der Waals surface area (Å²) in [5.74, 6) is 0.915. The number of halogens is 1. The van der Waals surface area contributed by atoms with Crippen LogP contribution in [0.4, 0.5) is 5.69 Å². The molecule has 25 heavy (non-hydrogen) atoms. The van der Waals surface area contributed by atoms with Crippen molar-refractivity contribution in [2.45, 2.75) is 12.7 Å². The van der Waals surface area contributed by atoms with Crippen molar-refractivity contribution in [3.05, 3.63) is 52.5 Å². The quantitative estimate of drug-likeness (QED) is 0.865. The van der Waals surface area contributed by atoms with Gasteiger partial charge in [0.15, 0.2) is 11.5 Å². The number of nitrogens with one attached hydrogen (secondary N) is 1. The molecule has 1 aliphatic heterocycles. The Kier molecular flexibility index (Phi) is 5.60. The standard InChI is InChI=1S/C18H18ClNO4S/c1-12-2-4-14(5-3-12)20-17(21)11-25(22)10-13-8-15(19)18-16(9-13)23-6-7-24-18/h2-5,8-9H,6-7,10-11H2,1H3,(H,20,21). The van der Waals surface area contributed by atoms with Crippen molar-refractivity contribution in [3.8, 4) is 11.5 Å². The lowest BCUT2D eigenvalue weighted by Crippen LogP contribution is -2.20. The Morgan fingerprint density at radius 2 is 1.92 bits per heavy atom. The first-order valence-electron chi connectivity index (χ1n) is 7.81. The van der Waals surface area contributed by atoms with Gasteiger partial charge in [-0.1, -0.05) is 29.3 Å². The minimum atomic E-state index is -1.36. The van der Waals surface area contributed by atoms with E-state index in [2.05, 4.69) is 5.32 Å². The Morgan fingerprint density at radius 1 is 1.20 bits per heavy atom. The molecule has 1 N–H and O–H groups in total. The summed E-state index contributed by atoms with van der Waals surface area (Å²) in [7, 11) is -1.36. The largest absolute Gasteiger partial charge is 0.486 e. The molecule has 0 saturated heterocycles. The number of rotatable bonds is 5. The molecule has 0 bridgehead atoms. The summed E-state index contributed by atoms with van der Waals surface area (Å²) < 4.78 is 23.2. The fourth-order valence-electron chi connectivity index (χ4n) is 2.46. The zero-order valence-corrected chi connectivity index (χ0v) is 15.3. The van der Waals surface area contributed by atoms with Gasteiger partial charge in [0.25, 0.3) is 0 Å². The smallest absolute Gasteiger partial charge is 0.237 e. The zero-order chi connectivity index (χ0) is 17.8. The summed E-state index contributed by atoms with van der Waals surface area (Å²) >= 11 is 6.17. The van der Waals surface area contributed by atoms with Gasteiger partial charge in [-0.25, -0.2) is 0 Å². The van der Waals surface area contributed by atoms with Crippen LogP contribution in [-0.2, 0) is 21.3 Å². The van der Waals surface area contributed by atoms with Gasteiger partial charge in [0, 0.05) is 22.2 Å². The van der Waals surface area contributed by atoms with Gasteiger partial charge in [0.05, 0.1) is 5.02 Å². The van der Waals surface area contributed by atoms with Crippen LogP contribution in [0.2, 0.25) is 5.02 Å². The van der Waals surface area contributed by atoms with Gasteiger partial charge in [0.2, 0.25) is 5.91 Å². The van der Waals surface area contributed by atoms with Crippen molar-refractivity contribution in [2.24, 2.45) is 0 Å². The van der Waals surface area contributed by atoms with Crippen LogP contribution in [0.25, 0.3) is 0 Å². The summed E-state index contributed by atoms with van der Waals surface area (Å²) in [6.45, 7) is 2.88. The molecular weight excluding hydrogens is 362 g/mol. The average Bonchev–Trinajstić information content (AvgIpc) is 2.57. The van der Waals surface area contributed by atoms with Crippen molar-refractivity contribution in [1.82, 2.24) is 0 Å². The maximum absolute atomic E-state index is 12.3.